The van der Waals surface area contributed by atoms with Crippen LogP contribution in [0.4, 0.5) is 14.9 Å². The number of aryl methyl sites for hydroxylation is 1. The lowest BCUT2D eigenvalue weighted by molar-refractivity contribution is -0.139. The summed E-state index contributed by atoms with van der Waals surface area (Å²) in [5.74, 6) is -1.52. The number of aromatic nitrogens is 1. The zero-order valence-electron chi connectivity index (χ0n) is 25.7. The van der Waals surface area contributed by atoms with Crippen molar-refractivity contribution >= 4 is 23.8 Å². The van der Waals surface area contributed by atoms with Crippen LogP contribution >= 0.6 is 0 Å². The van der Waals surface area contributed by atoms with Crippen LogP contribution in [-0.2, 0) is 17.6 Å². The summed E-state index contributed by atoms with van der Waals surface area (Å²) in [6.07, 6.45) is 4.01. The number of aliphatic hydroxyl groups excluding tert-OH is 3. The second-order valence-corrected chi connectivity index (χ2v) is 11.7. The maximum atomic E-state index is 14.0. The smallest absolute Gasteiger partial charge is 0.319 e. The Bertz CT molecular complexity index is 1520. The molecule has 0 aliphatic heterocycles. The fourth-order valence-corrected chi connectivity index (χ4v) is 5.71. The highest BCUT2D eigenvalue weighted by Crippen LogP contribution is 2.42. The molecular formula is C35H42FN3O6. The predicted molar refractivity (Wildman–Crippen MR) is 172 cm³/mol. The van der Waals surface area contributed by atoms with Crippen molar-refractivity contribution in [1.29, 1.82) is 0 Å². The van der Waals surface area contributed by atoms with Gasteiger partial charge in [-0.3, -0.25) is 9.78 Å². The van der Waals surface area contributed by atoms with E-state index in [-0.39, 0.29) is 30.8 Å². The van der Waals surface area contributed by atoms with Crippen LogP contribution in [-0.4, -0.2) is 62.8 Å². The van der Waals surface area contributed by atoms with Crippen molar-refractivity contribution in [1.82, 2.24) is 10.3 Å². The molecule has 0 unspecified atom stereocenters. The molecule has 9 nitrogen and oxygen atoms in total. The van der Waals surface area contributed by atoms with E-state index in [2.05, 4.69) is 10.6 Å². The van der Waals surface area contributed by atoms with Crippen molar-refractivity contribution in [3.05, 3.63) is 76.7 Å². The zero-order valence-corrected chi connectivity index (χ0v) is 25.7. The molecule has 2 aromatic carbocycles. The molecule has 6 N–H and O–H groups in total. The number of hydrogen-bond donors (Lipinski definition) is 6. The highest BCUT2D eigenvalue weighted by molar-refractivity contribution is 5.91. The number of anilines is 1. The lowest BCUT2D eigenvalue weighted by atomic mass is 9.86. The van der Waals surface area contributed by atoms with Crippen molar-refractivity contribution in [2.75, 3.05) is 18.5 Å². The van der Waals surface area contributed by atoms with Crippen molar-refractivity contribution < 1.29 is 34.4 Å². The molecule has 2 amide bonds. The van der Waals surface area contributed by atoms with Crippen LogP contribution in [0.1, 0.15) is 74.3 Å². The lowest BCUT2D eigenvalue weighted by Gasteiger charge is -2.22. The summed E-state index contributed by atoms with van der Waals surface area (Å²) >= 11 is 0. The summed E-state index contributed by atoms with van der Waals surface area (Å²) in [4.78, 5) is 28.6. The molecule has 1 aliphatic carbocycles. The normalized spacial score (nSPS) is 14.0. The third-order valence-corrected chi connectivity index (χ3v) is 7.82. The van der Waals surface area contributed by atoms with Crippen LogP contribution in [0.3, 0.4) is 0 Å². The molecule has 45 heavy (non-hydrogen) atoms. The average molecular weight is 620 g/mol. The van der Waals surface area contributed by atoms with Gasteiger partial charge in [-0.1, -0.05) is 44.2 Å². The summed E-state index contributed by atoms with van der Waals surface area (Å²) in [6.45, 7) is 4.60. The highest BCUT2D eigenvalue weighted by Gasteiger charge is 2.26. The van der Waals surface area contributed by atoms with E-state index in [1.807, 2.05) is 32.0 Å². The van der Waals surface area contributed by atoms with Crippen molar-refractivity contribution in [3.8, 4) is 22.4 Å². The average Bonchev–Trinajstić information content (AvgIpc) is 3.16. The molecule has 1 heterocycles. The van der Waals surface area contributed by atoms with Crippen LogP contribution in [0.25, 0.3) is 28.5 Å². The molecule has 240 valence electrons. The minimum absolute atomic E-state index is 0.0222. The Balaban J connectivity index is 1.77. The summed E-state index contributed by atoms with van der Waals surface area (Å²) in [5, 5.41) is 44.3. The van der Waals surface area contributed by atoms with Gasteiger partial charge in [0, 0.05) is 36.4 Å². The van der Waals surface area contributed by atoms with E-state index in [0.29, 0.717) is 31.5 Å². The second kappa shape index (κ2) is 15.7. The number of benzene rings is 2. The molecule has 0 saturated heterocycles. The third kappa shape index (κ3) is 8.97. The summed E-state index contributed by atoms with van der Waals surface area (Å²) in [5.41, 5.74) is 7.72. The SMILES string of the molecule is CC(C)c1nc2c(c(-c3ccc(F)cc3)c1C=C[C@@H](O)C[C@@H](O)CC(=O)O)CCCc1cc(NC(=O)NCCCCO)ccc1-2. The number of unbranched alkanes of at least 4 members (excludes halogenated alkanes) is 1. The number of nitrogens with zero attached hydrogens (tertiary/aromatic N) is 1. The van der Waals surface area contributed by atoms with E-state index < -0.39 is 24.6 Å². The number of aliphatic carboxylic acids is 1. The maximum Gasteiger partial charge on any atom is 0.319 e. The van der Waals surface area contributed by atoms with Crippen molar-refractivity contribution in [2.45, 2.75) is 76.9 Å². The molecule has 0 spiro atoms. The lowest BCUT2D eigenvalue weighted by Crippen LogP contribution is -2.29. The predicted octanol–water partition coefficient (Wildman–Crippen LogP) is 5.66. The Morgan fingerprint density at radius 3 is 2.51 bits per heavy atom. The first-order valence-electron chi connectivity index (χ1n) is 15.4. The van der Waals surface area contributed by atoms with Gasteiger partial charge in [-0.05, 0) is 84.5 Å². The van der Waals surface area contributed by atoms with E-state index in [1.165, 1.54) is 12.1 Å². The highest BCUT2D eigenvalue weighted by atomic mass is 19.1. The largest absolute Gasteiger partial charge is 0.481 e. The van der Waals surface area contributed by atoms with Gasteiger partial charge in [0.1, 0.15) is 5.82 Å². The number of rotatable bonds is 13. The standard InChI is InChI=1S/C35H42FN3O6/c1-21(2)33-30(15-13-26(41)19-27(42)20-31(43)44)32(22-8-10-24(36)11-9-22)29-7-5-6-23-18-25(12-14-28(23)34(29)39-33)38-35(45)37-16-3-4-17-40/h8-15,18,21,26-27,40-42H,3-7,16-17,19-20H2,1-2H3,(H,43,44)(H2,37,38,45)/t26-,27-/m1/s1. The summed E-state index contributed by atoms with van der Waals surface area (Å²) in [7, 11) is 0. The first kappa shape index (κ1) is 33.8. The number of amides is 2. The van der Waals surface area contributed by atoms with E-state index in [9.17, 15) is 24.2 Å². The number of carbonyl (C=O) groups excluding carboxylic acids is 1. The number of hydrogen-bond acceptors (Lipinski definition) is 6. The van der Waals surface area contributed by atoms with Gasteiger partial charge in [-0.25, -0.2) is 9.18 Å². The Morgan fingerprint density at radius 1 is 1.07 bits per heavy atom. The molecule has 4 rings (SSSR count). The number of urea groups is 1. The Morgan fingerprint density at radius 2 is 1.82 bits per heavy atom. The van der Waals surface area contributed by atoms with Crippen molar-refractivity contribution in [2.24, 2.45) is 0 Å². The van der Waals surface area contributed by atoms with Gasteiger partial charge >= 0.3 is 12.0 Å². The Hall–Kier alpha value is -4.12. The molecule has 2 atom stereocenters. The number of pyridine rings is 1. The van der Waals surface area contributed by atoms with Crippen LogP contribution in [0, 0.1) is 5.82 Å². The third-order valence-electron chi connectivity index (χ3n) is 7.82. The number of halogens is 1. The number of carboxylic acids is 1. The molecule has 3 aromatic rings. The molecule has 10 heteroatoms. The van der Waals surface area contributed by atoms with E-state index in [1.54, 1.807) is 24.3 Å². The van der Waals surface area contributed by atoms with Crippen LogP contribution < -0.4 is 10.6 Å². The first-order valence-corrected chi connectivity index (χ1v) is 15.4. The van der Waals surface area contributed by atoms with Crippen LogP contribution in [0.15, 0.2) is 48.5 Å². The van der Waals surface area contributed by atoms with E-state index in [4.69, 9.17) is 15.2 Å². The molecule has 0 radical (unpaired) electrons. The number of nitrogens with one attached hydrogen (secondary N) is 2. The van der Waals surface area contributed by atoms with E-state index >= 15 is 0 Å². The van der Waals surface area contributed by atoms with Gasteiger partial charge < -0.3 is 31.1 Å². The Labute approximate surface area is 262 Å². The van der Waals surface area contributed by atoms with Crippen LogP contribution in [0.5, 0.6) is 0 Å². The molecule has 1 aliphatic rings. The first-order chi connectivity index (χ1) is 21.6. The number of carboxylic acid groups (broad SMARTS) is 1. The second-order valence-electron chi connectivity index (χ2n) is 11.7. The quantitative estimate of drug-likeness (QED) is 0.135. The van der Waals surface area contributed by atoms with Gasteiger partial charge in [0.2, 0.25) is 0 Å². The van der Waals surface area contributed by atoms with Gasteiger partial charge in [0.25, 0.3) is 0 Å². The van der Waals surface area contributed by atoms with E-state index in [0.717, 1.165) is 57.6 Å². The van der Waals surface area contributed by atoms with Gasteiger partial charge in [0.15, 0.2) is 0 Å². The summed E-state index contributed by atoms with van der Waals surface area (Å²) in [6, 6.07) is 11.8. The van der Waals surface area contributed by atoms with Crippen LogP contribution in [0.2, 0.25) is 0 Å². The maximum absolute atomic E-state index is 14.0. The molecular weight excluding hydrogens is 577 g/mol. The topological polar surface area (TPSA) is 152 Å². The minimum atomic E-state index is -1.19. The monoisotopic (exact) mass is 619 g/mol. The number of aliphatic hydroxyl groups is 3. The fraction of sp³-hybridized carbons (Fsp3) is 0.400. The fourth-order valence-electron chi connectivity index (χ4n) is 5.71. The molecule has 1 aromatic heterocycles. The minimum Gasteiger partial charge on any atom is -0.481 e. The number of fused-ring (bicyclic) bond motifs is 3. The molecule has 0 fully saturated rings. The summed E-state index contributed by atoms with van der Waals surface area (Å²) < 4.78 is 14.0. The zero-order chi connectivity index (χ0) is 32.5. The molecule has 0 saturated carbocycles. The van der Waals surface area contributed by atoms with Crippen molar-refractivity contribution in [3.63, 3.8) is 0 Å². The number of carbonyl (C=O) groups is 2. The van der Waals surface area contributed by atoms with Gasteiger partial charge in [-0.15, -0.1) is 0 Å². The molecule has 0 bridgehead atoms. The van der Waals surface area contributed by atoms with Gasteiger partial charge in [0.05, 0.1) is 30.0 Å². The van der Waals surface area contributed by atoms with Gasteiger partial charge in [-0.2, -0.15) is 0 Å². The Kier molecular flexibility index (Phi) is 11.8.